The van der Waals surface area contributed by atoms with Crippen LogP contribution in [0.4, 0.5) is 4.79 Å². The second-order valence-electron chi connectivity index (χ2n) is 7.85. The van der Waals surface area contributed by atoms with Gasteiger partial charge >= 0.3 is 6.09 Å². The van der Waals surface area contributed by atoms with Gasteiger partial charge < -0.3 is 9.64 Å². The van der Waals surface area contributed by atoms with Crippen molar-refractivity contribution in [2.24, 2.45) is 0 Å². The number of piperidine rings is 1. The Labute approximate surface area is 170 Å². The number of sulfonamides is 1. The molecule has 1 heterocycles. The first-order valence-corrected chi connectivity index (χ1v) is 11.7. The van der Waals surface area contributed by atoms with Crippen molar-refractivity contribution in [3.63, 3.8) is 0 Å². The highest BCUT2D eigenvalue weighted by molar-refractivity contribution is 9.10. The molecular formula is C19H29BrN2O4S. The Balaban J connectivity index is 2.31. The molecule has 2 atom stereocenters. The summed E-state index contributed by atoms with van der Waals surface area (Å²) in [5.74, 6) is 0.0134. The molecular weight excluding hydrogens is 432 g/mol. The van der Waals surface area contributed by atoms with Crippen molar-refractivity contribution in [2.45, 2.75) is 64.6 Å². The Hall–Kier alpha value is -1.12. The van der Waals surface area contributed by atoms with E-state index in [9.17, 15) is 13.2 Å². The van der Waals surface area contributed by atoms with Crippen LogP contribution in [0, 0.1) is 0 Å². The lowest BCUT2D eigenvalue weighted by Crippen LogP contribution is -2.58. The molecule has 1 saturated heterocycles. The molecule has 2 rings (SSSR count). The summed E-state index contributed by atoms with van der Waals surface area (Å²) in [6, 6.07) is 7.21. The lowest BCUT2D eigenvalue weighted by molar-refractivity contribution is 0.00591. The first-order chi connectivity index (χ1) is 12.5. The van der Waals surface area contributed by atoms with Crippen LogP contribution in [0.2, 0.25) is 0 Å². The van der Waals surface area contributed by atoms with E-state index in [4.69, 9.17) is 4.74 Å². The van der Waals surface area contributed by atoms with Crippen LogP contribution in [0.15, 0.2) is 28.7 Å². The van der Waals surface area contributed by atoms with E-state index in [1.165, 1.54) is 0 Å². The Kier molecular flexibility index (Phi) is 7.33. The summed E-state index contributed by atoms with van der Waals surface area (Å²) in [6.07, 6.45) is 1.57. The van der Waals surface area contributed by atoms with Crippen molar-refractivity contribution in [3.05, 3.63) is 34.3 Å². The number of benzene rings is 1. The minimum atomic E-state index is -3.37. The Morgan fingerprint density at radius 3 is 2.67 bits per heavy atom. The van der Waals surface area contributed by atoms with E-state index in [0.29, 0.717) is 19.4 Å². The first-order valence-electron chi connectivity index (χ1n) is 9.25. The van der Waals surface area contributed by atoms with Gasteiger partial charge in [-0.05, 0) is 64.7 Å². The number of amides is 1. The second kappa shape index (κ2) is 8.92. The van der Waals surface area contributed by atoms with Gasteiger partial charge in [-0.3, -0.25) is 0 Å². The van der Waals surface area contributed by atoms with Crippen molar-refractivity contribution in [1.82, 2.24) is 9.62 Å². The number of nitrogens with one attached hydrogen (secondary N) is 1. The Morgan fingerprint density at radius 2 is 2.07 bits per heavy atom. The van der Waals surface area contributed by atoms with Gasteiger partial charge in [0.25, 0.3) is 0 Å². The average molecular weight is 461 g/mol. The molecule has 0 aromatic heterocycles. The zero-order valence-corrected chi connectivity index (χ0v) is 18.8. The van der Waals surface area contributed by atoms with Crippen molar-refractivity contribution in [1.29, 1.82) is 0 Å². The van der Waals surface area contributed by atoms with Crippen LogP contribution < -0.4 is 4.72 Å². The average Bonchev–Trinajstić information content (AvgIpc) is 2.54. The molecule has 0 bridgehead atoms. The molecule has 1 amide bonds. The summed E-state index contributed by atoms with van der Waals surface area (Å²) >= 11 is 3.47. The van der Waals surface area contributed by atoms with E-state index in [-0.39, 0.29) is 17.8 Å². The lowest BCUT2D eigenvalue weighted by atomic mass is 9.92. The standard InChI is InChI=1S/C19H29BrN2O4S/c1-5-27(24,25)21-16-10-7-11-22(18(23)26-19(2,3)4)17(16)13-14-8-6-9-15(20)12-14/h6,8-9,12,16-17,21H,5,7,10-11,13H2,1-4H3. The summed E-state index contributed by atoms with van der Waals surface area (Å²) < 4.78 is 33.7. The number of likely N-dealkylation sites (tertiary alicyclic amines) is 1. The zero-order valence-electron chi connectivity index (χ0n) is 16.4. The monoisotopic (exact) mass is 460 g/mol. The third kappa shape index (κ3) is 6.76. The van der Waals surface area contributed by atoms with Gasteiger partial charge in [0.15, 0.2) is 0 Å². The van der Waals surface area contributed by atoms with Crippen LogP contribution in [0.3, 0.4) is 0 Å². The lowest BCUT2D eigenvalue weighted by Gasteiger charge is -2.42. The number of halogens is 1. The van der Waals surface area contributed by atoms with Crippen molar-refractivity contribution < 1.29 is 17.9 Å². The fourth-order valence-electron chi connectivity index (χ4n) is 3.21. The smallest absolute Gasteiger partial charge is 0.410 e. The number of carbonyl (C=O) groups excluding carboxylic acids is 1. The number of nitrogens with zero attached hydrogens (tertiary/aromatic N) is 1. The third-order valence-electron chi connectivity index (χ3n) is 4.45. The molecule has 0 aliphatic carbocycles. The fourth-order valence-corrected chi connectivity index (χ4v) is 4.56. The predicted molar refractivity (Wildman–Crippen MR) is 110 cm³/mol. The first kappa shape index (κ1) is 22.2. The van der Waals surface area contributed by atoms with E-state index in [1.54, 1.807) is 11.8 Å². The summed E-state index contributed by atoms with van der Waals surface area (Å²) in [7, 11) is -3.37. The Morgan fingerprint density at radius 1 is 1.37 bits per heavy atom. The molecule has 2 unspecified atom stereocenters. The molecule has 0 spiro atoms. The van der Waals surface area contributed by atoms with Gasteiger partial charge in [-0.25, -0.2) is 17.9 Å². The number of hydrogen-bond donors (Lipinski definition) is 1. The van der Waals surface area contributed by atoms with E-state index in [0.717, 1.165) is 16.5 Å². The molecule has 0 saturated carbocycles. The summed E-state index contributed by atoms with van der Waals surface area (Å²) in [6.45, 7) is 7.65. The highest BCUT2D eigenvalue weighted by Gasteiger charge is 2.38. The molecule has 1 aromatic rings. The minimum absolute atomic E-state index is 0.0134. The van der Waals surface area contributed by atoms with Gasteiger partial charge in [-0.2, -0.15) is 0 Å². The van der Waals surface area contributed by atoms with Crippen LogP contribution in [0.1, 0.15) is 46.1 Å². The molecule has 1 aliphatic rings. The normalized spacial score (nSPS) is 21.1. The van der Waals surface area contributed by atoms with E-state index >= 15 is 0 Å². The highest BCUT2D eigenvalue weighted by atomic mass is 79.9. The van der Waals surface area contributed by atoms with Gasteiger partial charge in [-0.15, -0.1) is 0 Å². The number of ether oxygens (including phenoxy) is 1. The van der Waals surface area contributed by atoms with Gasteiger partial charge in [0.1, 0.15) is 5.60 Å². The maximum absolute atomic E-state index is 12.8. The Bertz CT molecular complexity index is 761. The molecule has 1 fully saturated rings. The predicted octanol–water partition coefficient (Wildman–Crippen LogP) is 3.70. The molecule has 1 aromatic carbocycles. The second-order valence-corrected chi connectivity index (χ2v) is 10.8. The quantitative estimate of drug-likeness (QED) is 0.726. The van der Waals surface area contributed by atoms with E-state index in [2.05, 4.69) is 20.7 Å². The third-order valence-corrected chi connectivity index (χ3v) is 6.37. The number of carbonyl (C=O) groups is 1. The zero-order chi connectivity index (χ0) is 20.2. The van der Waals surface area contributed by atoms with Crippen LogP contribution >= 0.6 is 15.9 Å². The summed E-state index contributed by atoms with van der Waals surface area (Å²) in [4.78, 5) is 14.5. The molecule has 1 aliphatic heterocycles. The van der Waals surface area contributed by atoms with Gasteiger partial charge in [0, 0.05) is 17.1 Å². The van der Waals surface area contributed by atoms with Crippen molar-refractivity contribution in [2.75, 3.05) is 12.3 Å². The molecule has 1 N–H and O–H groups in total. The van der Waals surface area contributed by atoms with Crippen LogP contribution in [-0.2, 0) is 21.2 Å². The van der Waals surface area contributed by atoms with Gasteiger partial charge in [-0.1, -0.05) is 28.1 Å². The van der Waals surface area contributed by atoms with Gasteiger partial charge in [0.05, 0.1) is 11.8 Å². The molecule has 27 heavy (non-hydrogen) atoms. The van der Waals surface area contributed by atoms with Crippen LogP contribution in [-0.4, -0.2) is 49.4 Å². The fraction of sp³-hybridized carbons (Fsp3) is 0.632. The molecule has 0 radical (unpaired) electrons. The van der Waals surface area contributed by atoms with Crippen LogP contribution in [0.5, 0.6) is 0 Å². The van der Waals surface area contributed by atoms with Crippen molar-refractivity contribution >= 4 is 32.0 Å². The topological polar surface area (TPSA) is 75.7 Å². The number of hydrogen-bond acceptors (Lipinski definition) is 4. The molecule has 8 heteroatoms. The molecule has 6 nitrogen and oxygen atoms in total. The maximum Gasteiger partial charge on any atom is 0.410 e. The van der Waals surface area contributed by atoms with E-state index in [1.807, 2.05) is 45.0 Å². The van der Waals surface area contributed by atoms with Crippen molar-refractivity contribution in [3.8, 4) is 0 Å². The van der Waals surface area contributed by atoms with Gasteiger partial charge in [0.2, 0.25) is 10.0 Å². The summed E-state index contributed by atoms with van der Waals surface area (Å²) in [5.41, 5.74) is 0.429. The minimum Gasteiger partial charge on any atom is -0.444 e. The van der Waals surface area contributed by atoms with E-state index < -0.39 is 21.7 Å². The summed E-state index contributed by atoms with van der Waals surface area (Å²) in [5, 5.41) is 0. The highest BCUT2D eigenvalue weighted by Crippen LogP contribution is 2.25. The SMILES string of the molecule is CCS(=O)(=O)NC1CCCN(C(=O)OC(C)(C)C)C1Cc1cccc(Br)c1. The van der Waals surface area contributed by atoms with Crippen LogP contribution in [0.25, 0.3) is 0 Å². The maximum atomic E-state index is 12.8. The molecule has 152 valence electrons. The number of rotatable bonds is 5. The largest absolute Gasteiger partial charge is 0.444 e.